The third-order valence-corrected chi connectivity index (χ3v) is 6.65. The fourth-order valence-corrected chi connectivity index (χ4v) is 4.94. The number of carbonyl (C=O) groups excluding carboxylic acids is 1. The van der Waals surface area contributed by atoms with Crippen LogP contribution in [0.15, 0.2) is 41.8 Å². The van der Waals surface area contributed by atoms with Gasteiger partial charge < -0.3 is 4.90 Å². The van der Waals surface area contributed by atoms with Crippen molar-refractivity contribution in [3.05, 3.63) is 68.6 Å². The van der Waals surface area contributed by atoms with E-state index < -0.39 is 0 Å². The van der Waals surface area contributed by atoms with Gasteiger partial charge in [-0.15, -0.1) is 11.3 Å². The topological polar surface area (TPSA) is 41.4 Å². The first kappa shape index (κ1) is 21.1. The fraction of sp³-hybridized carbons (Fsp3) is 0.391. The van der Waals surface area contributed by atoms with Gasteiger partial charge in [0.05, 0.1) is 28.5 Å². The Kier molecular flexibility index (Phi) is 6.56. The molecule has 0 spiro atoms. The second-order valence-corrected chi connectivity index (χ2v) is 8.97. The van der Waals surface area contributed by atoms with Crippen LogP contribution in [0.3, 0.4) is 0 Å². The van der Waals surface area contributed by atoms with Crippen LogP contribution in [0.5, 0.6) is 0 Å². The Bertz CT molecular complexity index is 1010. The van der Waals surface area contributed by atoms with E-state index in [-0.39, 0.29) is 5.91 Å². The molecule has 0 N–H and O–H groups in total. The third-order valence-electron chi connectivity index (χ3n) is 5.55. The standard InChI is InChI=1S/C23H27ClN4OS/c1-3-11-26-12-10-21-19(15-26)20(25-28(21)18-8-5-7-17(24)14-18)16-27(4-2)23(29)22-9-6-13-30-22/h5-9,13-14H,3-4,10-12,15-16H2,1-2H3. The molecule has 1 aliphatic rings. The minimum Gasteiger partial charge on any atom is -0.332 e. The molecule has 0 fully saturated rings. The highest BCUT2D eigenvalue weighted by molar-refractivity contribution is 7.12. The fourth-order valence-electron chi connectivity index (χ4n) is 4.06. The average Bonchev–Trinajstić information content (AvgIpc) is 3.40. The molecule has 0 atom stereocenters. The van der Waals surface area contributed by atoms with Gasteiger partial charge >= 0.3 is 0 Å². The molecule has 3 heterocycles. The molecule has 0 saturated carbocycles. The molecular weight excluding hydrogens is 416 g/mol. The molecule has 158 valence electrons. The largest absolute Gasteiger partial charge is 0.332 e. The first-order valence-corrected chi connectivity index (χ1v) is 11.8. The van der Waals surface area contributed by atoms with Crippen molar-refractivity contribution < 1.29 is 4.79 Å². The van der Waals surface area contributed by atoms with Gasteiger partial charge in [0.2, 0.25) is 0 Å². The summed E-state index contributed by atoms with van der Waals surface area (Å²) in [7, 11) is 0. The van der Waals surface area contributed by atoms with E-state index in [0.717, 1.165) is 48.7 Å². The summed E-state index contributed by atoms with van der Waals surface area (Å²) >= 11 is 7.74. The van der Waals surface area contributed by atoms with Gasteiger partial charge in [-0.25, -0.2) is 4.68 Å². The van der Waals surface area contributed by atoms with Crippen LogP contribution < -0.4 is 0 Å². The Morgan fingerprint density at radius 3 is 2.83 bits per heavy atom. The Morgan fingerprint density at radius 2 is 2.13 bits per heavy atom. The van der Waals surface area contributed by atoms with Crippen LogP contribution in [0.1, 0.15) is 46.9 Å². The highest BCUT2D eigenvalue weighted by Gasteiger charge is 2.27. The maximum atomic E-state index is 13.0. The molecular formula is C23H27ClN4OS. The lowest BCUT2D eigenvalue weighted by atomic mass is 10.0. The van der Waals surface area contributed by atoms with Gasteiger partial charge in [0.1, 0.15) is 0 Å². The lowest BCUT2D eigenvalue weighted by Gasteiger charge is -2.28. The molecule has 2 aromatic heterocycles. The lowest BCUT2D eigenvalue weighted by molar-refractivity contribution is 0.0754. The molecule has 1 amide bonds. The van der Waals surface area contributed by atoms with Gasteiger partial charge in [0, 0.05) is 36.6 Å². The Morgan fingerprint density at radius 1 is 1.27 bits per heavy atom. The van der Waals surface area contributed by atoms with Crippen molar-refractivity contribution in [3.8, 4) is 5.69 Å². The predicted octanol–water partition coefficient (Wildman–Crippen LogP) is 5.02. The summed E-state index contributed by atoms with van der Waals surface area (Å²) in [4.78, 5) is 18.1. The minimum atomic E-state index is 0.0692. The van der Waals surface area contributed by atoms with Crippen molar-refractivity contribution in [2.75, 3.05) is 19.6 Å². The Labute approximate surface area is 186 Å². The van der Waals surface area contributed by atoms with E-state index in [1.54, 1.807) is 0 Å². The van der Waals surface area contributed by atoms with Gasteiger partial charge in [-0.2, -0.15) is 5.10 Å². The number of hydrogen-bond acceptors (Lipinski definition) is 4. The first-order valence-electron chi connectivity index (χ1n) is 10.5. The van der Waals surface area contributed by atoms with E-state index in [9.17, 15) is 4.79 Å². The van der Waals surface area contributed by atoms with Crippen LogP contribution in [-0.2, 0) is 19.5 Å². The van der Waals surface area contributed by atoms with E-state index in [4.69, 9.17) is 16.7 Å². The van der Waals surface area contributed by atoms with Crippen molar-refractivity contribution in [2.24, 2.45) is 0 Å². The van der Waals surface area contributed by atoms with Crippen molar-refractivity contribution in [2.45, 2.75) is 39.8 Å². The molecule has 1 aromatic carbocycles. The minimum absolute atomic E-state index is 0.0692. The van der Waals surface area contributed by atoms with Crippen molar-refractivity contribution in [1.29, 1.82) is 0 Å². The quantitative estimate of drug-likeness (QED) is 0.516. The first-order chi connectivity index (χ1) is 14.6. The molecule has 0 unspecified atom stereocenters. The normalized spacial score (nSPS) is 14.0. The van der Waals surface area contributed by atoms with E-state index in [0.29, 0.717) is 18.1 Å². The number of aromatic nitrogens is 2. The predicted molar refractivity (Wildman–Crippen MR) is 123 cm³/mol. The molecule has 0 radical (unpaired) electrons. The maximum absolute atomic E-state index is 13.0. The number of benzene rings is 1. The summed E-state index contributed by atoms with van der Waals surface area (Å²) in [6.45, 7) is 8.38. The summed E-state index contributed by atoms with van der Waals surface area (Å²) in [5.41, 5.74) is 4.45. The monoisotopic (exact) mass is 442 g/mol. The van der Waals surface area contributed by atoms with Crippen LogP contribution >= 0.6 is 22.9 Å². The van der Waals surface area contributed by atoms with E-state index in [1.807, 2.05) is 58.3 Å². The number of fused-ring (bicyclic) bond motifs is 1. The molecule has 0 saturated heterocycles. The Balaban J connectivity index is 1.70. The number of hydrogen-bond donors (Lipinski definition) is 0. The third kappa shape index (κ3) is 4.31. The van der Waals surface area contributed by atoms with Crippen molar-refractivity contribution in [3.63, 3.8) is 0 Å². The summed E-state index contributed by atoms with van der Waals surface area (Å²) in [6, 6.07) is 11.6. The zero-order valence-corrected chi connectivity index (χ0v) is 19.0. The number of halogens is 1. The number of rotatable bonds is 7. The second-order valence-electron chi connectivity index (χ2n) is 7.59. The summed E-state index contributed by atoms with van der Waals surface area (Å²) in [5, 5.41) is 7.63. The maximum Gasteiger partial charge on any atom is 0.264 e. The van der Waals surface area contributed by atoms with Gasteiger partial charge in [0.15, 0.2) is 0 Å². The van der Waals surface area contributed by atoms with Gasteiger partial charge in [-0.3, -0.25) is 9.69 Å². The lowest BCUT2D eigenvalue weighted by Crippen LogP contribution is -2.33. The molecule has 30 heavy (non-hydrogen) atoms. The van der Waals surface area contributed by atoms with E-state index >= 15 is 0 Å². The summed E-state index contributed by atoms with van der Waals surface area (Å²) in [5.74, 6) is 0.0692. The number of carbonyl (C=O) groups is 1. The highest BCUT2D eigenvalue weighted by atomic mass is 35.5. The average molecular weight is 443 g/mol. The zero-order valence-electron chi connectivity index (χ0n) is 17.5. The molecule has 0 aliphatic carbocycles. The molecule has 3 aromatic rings. The van der Waals surface area contributed by atoms with Crippen molar-refractivity contribution in [1.82, 2.24) is 19.6 Å². The van der Waals surface area contributed by atoms with Crippen LogP contribution in [-0.4, -0.2) is 45.1 Å². The van der Waals surface area contributed by atoms with Crippen molar-refractivity contribution >= 4 is 28.8 Å². The van der Waals surface area contributed by atoms with E-state index in [2.05, 4.69) is 11.8 Å². The van der Waals surface area contributed by atoms with Gasteiger partial charge in [0.25, 0.3) is 5.91 Å². The van der Waals surface area contributed by atoms with Crippen LogP contribution in [0.2, 0.25) is 5.02 Å². The molecule has 0 bridgehead atoms. The van der Waals surface area contributed by atoms with Crippen LogP contribution in [0.4, 0.5) is 0 Å². The Hall–Kier alpha value is -2.15. The number of thiophene rings is 1. The summed E-state index contributed by atoms with van der Waals surface area (Å²) in [6.07, 6.45) is 2.07. The molecule has 1 aliphatic heterocycles. The molecule has 7 heteroatoms. The molecule has 4 rings (SSSR count). The number of nitrogens with zero attached hydrogens (tertiary/aromatic N) is 4. The zero-order chi connectivity index (χ0) is 21.1. The SMILES string of the molecule is CCCN1CCc2c(c(CN(CC)C(=O)c3cccs3)nn2-c2cccc(Cl)c2)C1. The molecule has 5 nitrogen and oxygen atoms in total. The summed E-state index contributed by atoms with van der Waals surface area (Å²) < 4.78 is 2.03. The van der Waals surface area contributed by atoms with Crippen LogP contribution in [0, 0.1) is 0 Å². The number of amides is 1. The van der Waals surface area contributed by atoms with Gasteiger partial charge in [-0.1, -0.05) is 30.7 Å². The van der Waals surface area contributed by atoms with Crippen LogP contribution in [0.25, 0.3) is 5.69 Å². The smallest absolute Gasteiger partial charge is 0.264 e. The van der Waals surface area contributed by atoms with E-state index in [1.165, 1.54) is 22.6 Å². The van der Waals surface area contributed by atoms with Gasteiger partial charge in [-0.05, 0) is 49.5 Å². The second kappa shape index (κ2) is 9.33. The highest BCUT2D eigenvalue weighted by Crippen LogP contribution is 2.28.